The Bertz CT molecular complexity index is 932. The molecule has 8 heteroatoms. The summed E-state index contributed by atoms with van der Waals surface area (Å²) < 4.78 is 28.6. The van der Waals surface area contributed by atoms with Crippen LogP contribution >= 0.6 is 0 Å². The number of para-hydroxylation sites is 1. The van der Waals surface area contributed by atoms with E-state index in [2.05, 4.69) is 15.4 Å². The molecule has 3 aromatic rings. The Hall–Kier alpha value is -2.77. The number of aryl methyl sites for hydroxylation is 1. The maximum Gasteiger partial charge on any atom is 0.257 e. The number of carbonyl (C=O) groups excluding carboxylic acids is 1. The van der Waals surface area contributed by atoms with Gasteiger partial charge in [-0.3, -0.25) is 9.48 Å². The molecule has 1 saturated carbocycles. The van der Waals surface area contributed by atoms with Crippen LogP contribution in [0.3, 0.4) is 0 Å². The standard InChI is InChI=1S/C17H17F2N5O/c1-23-9-20-7-14(23)11-6-12(11)17(25)21-16-10-4-2-3-5-13(10)24(22-16)8-15(18)19/h2-5,7,9,11-12,15H,6,8H2,1H3,(H,21,22,25)/t11-,12-/m1/s1. The normalized spacial score (nSPS) is 19.5. The molecule has 0 saturated heterocycles. The second-order valence-corrected chi connectivity index (χ2v) is 6.31. The zero-order valence-electron chi connectivity index (χ0n) is 13.6. The summed E-state index contributed by atoms with van der Waals surface area (Å²) in [6.07, 6.45) is 1.72. The van der Waals surface area contributed by atoms with Crippen LogP contribution in [0.4, 0.5) is 14.6 Å². The van der Waals surface area contributed by atoms with Gasteiger partial charge in [-0.25, -0.2) is 13.8 Å². The Balaban J connectivity index is 1.55. The molecule has 1 aliphatic carbocycles. The van der Waals surface area contributed by atoms with Crippen molar-refractivity contribution >= 4 is 22.6 Å². The molecule has 1 aromatic carbocycles. The number of halogens is 2. The largest absolute Gasteiger partial charge is 0.337 e. The zero-order valence-corrected chi connectivity index (χ0v) is 13.6. The molecule has 2 heterocycles. The predicted octanol–water partition coefficient (Wildman–Crippen LogP) is 2.78. The van der Waals surface area contributed by atoms with Gasteiger partial charge in [0.2, 0.25) is 5.91 Å². The second kappa shape index (κ2) is 5.94. The van der Waals surface area contributed by atoms with E-state index >= 15 is 0 Å². The van der Waals surface area contributed by atoms with Crippen LogP contribution in [-0.2, 0) is 18.4 Å². The molecule has 1 aliphatic rings. The van der Waals surface area contributed by atoms with E-state index in [0.29, 0.717) is 16.7 Å². The highest BCUT2D eigenvalue weighted by Crippen LogP contribution is 2.47. The van der Waals surface area contributed by atoms with Gasteiger partial charge >= 0.3 is 0 Å². The third-order valence-electron chi connectivity index (χ3n) is 4.57. The number of fused-ring (bicyclic) bond motifs is 1. The predicted molar refractivity (Wildman–Crippen MR) is 88.4 cm³/mol. The number of amides is 1. The zero-order chi connectivity index (χ0) is 17.6. The van der Waals surface area contributed by atoms with Gasteiger partial charge < -0.3 is 9.88 Å². The molecule has 0 bridgehead atoms. The van der Waals surface area contributed by atoms with Crippen molar-refractivity contribution in [3.63, 3.8) is 0 Å². The van der Waals surface area contributed by atoms with Crippen molar-refractivity contribution < 1.29 is 13.6 Å². The molecular weight excluding hydrogens is 328 g/mol. The Labute approximate surface area is 142 Å². The van der Waals surface area contributed by atoms with Crippen LogP contribution in [0.15, 0.2) is 36.8 Å². The number of nitrogens with one attached hydrogen (secondary N) is 1. The number of imidazole rings is 1. The molecule has 2 aromatic heterocycles. The van der Waals surface area contributed by atoms with E-state index in [1.165, 1.54) is 4.68 Å². The van der Waals surface area contributed by atoms with Crippen molar-refractivity contribution in [2.24, 2.45) is 13.0 Å². The summed E-state index contributed by atoms with van der Waals surface area (Å²) >= 11 is 0. The number of hydrogen-bond acceptors (Lipinski definition) is 3. The smallest absolute Gasteiger partial charge is 0.257 e. The van der Waals surface area contributed by atoms with Gasteiger partial charge in [0.05, 0.1) is 11.8 Å². The SMILES string of the molecule is Cn1cncc1[C@@H]1C[C@H]1C(=O)Nc1nn(CC(F)F)c2ccccc12. The number of rotatable bonds is 5. The lowest BCUT2D eigenvalue weighted by Gasteiger charge is -2.03. The van der Waals surface area contributed by atoms with Gasteiger partial charge in [-0.1, -0.05) is 12.1 Å². The third-order valence-corrected chi connectivity index (χ3v) is 4.57. The van der Waals surface area contributed by atoms with Crippen LogP contribution in [0.2, 0.25) is 0 Å². The number of hydrogen-bond donors (Lipinski definition) is 1. The van der Waals surface area contributed by atoms with Crippen molar-refractivity contribution in [3.05, 3.63) is 42.5 Å². The van der Waals surface area contributed by atoms with Crippen molar-refractivity contribution in [3.8, 4) is 0 Å². The minimum Gasteiger partial charge on any atom is -0.337 e. The fourth-order valence-electron chi connectivity index (χ4n) is 3.24. The van der Waals surface area contributed by atoms with Crippen molar-refractivity contribution in [2.75, 3.05) is 5.32 Å². The molecule has 1 N–H and O–H groups in total. The summed E-state index contributed by atoms with van der Waals surface area (Å²) in [6.45, 7) is -0.503. The maximum atomic E-state index is 12.7. The van der Waals surface area contributed by atoms with Crippen molar-refractivity contribution in [1.82, 2.24) is 19.3 Å². The van der Waals surface area contributed by atoms with E-state index in [9.17, 15) is 13.6 Å². The topological polar surface area (TPSA) is 64.7 Å². The quantitative estimate of drug-likeness (QED) is 0.773. The van der Waals surface area contributed by atoms with Crippen LogP contribution in [0.25, 0.3) is 10.9 Å². The monoisotopic (exact) mass is 345 g/mol. The summed E-state index contributed by atoms with van der Waals surface area (Å²) in [5.74, 6) is 0.187. The van der Waals surface area contributed by atoms with E-state index < -0.39 is 13.0 Å². The minimum atomic E-state index is -2.51. The first-order chi connectivity index (χ1) is 12.0. The molecule has 2 atom stereocenters. The summed E-state index contributed by atoms with van der Waals surface area (Å²) in [5.41, 5.74) is 1.60. The Morgan fingerprint density at radius 3 is 2.92 bits per heavy atom. The molecule has 0 radical (unpaired) electrons. The summed E-state index contributed by atoms with van der Waals surface area (Å²) in [7, 11) is 1.90. The van der Waals surface area contributed by atoms with Gasteiger partial charge in [-0.05, 0) is 18.6 Å². The average molecular weight is 345 g/mol. The highest BCUT2D eigenvalue weighted by molar-refractivity contribution is 6.01. The second-order valence-electron chi connectivity index (χ2n) is 6.31. The number of carbonyl (C=O) groups is 1. The number of anilines is 1. The van der Waals surface area contributed by atoms with E-state index in [4.69, 9.17) is 0 Å². The first-order valence-corrected chi connectivity index (χ1v) is 8.05. The molecule has 25 heavy (non-hydrogen) atoms. The molecule has 4 rings (SSSR count). The summed E-state index contributed by atoms with van der Waals surface area (Å²) in [6, 6.07) is 7.04. The van der Waals surface area contributed by atoms with Gasteiger partial charge in [-0.15, -0.1) is 0 Å². The highest BCUT2D eigenvalue weighted by Gasteiger charge is 2.45. The lowest BCUT2D eigenvalue weighted by Crippen LogP contribution is -2.16. The van der Waals surface area contributed by atoms with Gasteiger partial charge in [0.15, 0.2) is 5.82 Å². The number of alkyl halides is 2. The molecule has 6 nitrogen and oxygen atoms in total. The third kappa shape index (κ3) is 2.88. The fourth-order valence-corrected chi connectivity index (χ4v) is 3.24. The fraction of sp³-hybridized carbons (Fsp3) is 0.353. The summed E-state index contributed by atoms with van der Waals surface area (Å²) in [5, 5.41) is 7.64. The molecule has 0 spiro atoms. The van der Waals surface area contributed by atoms with E-state index in [-0.39, 0.29) is 17.7 Å². The van der Waals surface area contributed by atoms with E-state index in [1.807, 2.05) is 11.6 Å². The van der Waals surface area contributed by atoms with Gasteiger partial charge in [-0.2, -0.15) is 5.10 Å². The lowest BCUT2D eigenvalue weighted by molar-refractivity contribution is -0.117. The number of benzene rings is 1. The molecule has 0 aliphatic heterocycles. The first kappa shape index (κ1) is 15.7. The van der Waals surface area contributed by atoms with Gasteiger partial charge in [0.25, 0.3) is 6.43 Å². The first-order valence-electron chi connectivity index (χ1n) is 8.05. The van der Waals surface area contributed by atoms with Crippen molar-refractivity contribution in [1.29, 1.82) is 0 Å². The highest BCUT2D eigenvalue weighted by atomic mass is 19.3. The minimum absolute atomic E-state index is 0.140. The van der Waals surface area contributed by atoms with Crippen LogP contribution in [0, 0.1) is 5.92 Å². The Morgan fingerprint density at radius 1 is 1.40 bits per heavy atom. The van der Waals surface area contributed by atoms with Crippen molar-refractivity contribution in [2.45, 2.75) is 25.3 Å². The molecule has 0 unspecified atom stereocenters. The van der Waals surface area contributed by atoms with Crippen LogP contribution in [0.1, 0.15) is 18.0 Å². The van der Waals surface area contributed by atoms with Gasteiger partial charge in [0, 0.05) is 36.2 Å². The molecule has 1 amide bonds. The molecular formula is C17H17F2N5O. The van der Waals surface area contributed by atoms with Crippen LogP contribution < -0.4 is 5.32 Å². The molecule has 130 valence electrons. The van der Waals surface area contributed by atoms with Crippen LogP contribution in [-0.4, -0.2) is 31.7 Å². The summed E-state index contributed by atoms with van der Waals surface area (Å²) in [4.78, 5) is 16.6. The Kier molecular flexibility index (Phi) is 3.74. The average Bonchev–Trinajstić information content (AvgIpc) is 3.16. The number of nitrogens with zero attached hydrogens (tertiary/aromatic N) is 4. The van der Waals surface area contributed by atoms with E-state index in [1.54, 1.807) is 36.8 Å². The Morgan fingerprint density at radius 2 is 2.20 bits per heavy atom. The van der Waals surface area contributed by atoms with E-state index in [0.717, 1.165) is 12.1 Å². The van der Waals surface area contributed by atoms with Crippen LogP contribution in [0.5, 0.6) is 0 Å². The molecule has 1 fully saturated rings. The lowest BCUT2D eigenvalue weighted by atomic mass is 10.2. The maximum absolute atomic E-state index is 12.7. The van der Waals surface area contributed by atoms with Gasteiger partial charge in [0.1, 0.15) is 6.54 Å². The number of aromatic nitrogens is 4.